The van der Waals surface area contributed by atoms with E-state index in [1.54, 1.807) is 27.4 Å². The van der Waals surface area contributed by atoms with Gasteiger partial charge in [0.05, 0.1) is 27.8 Å². The molecule has 0 radical (unpaired) electrons. The summed E-state index contributed by atoms with van der Waals surface area (Å²) in [7, 11) is -3.74. The maximum absolute atomic E-state index is 13.9. The molecule has 3 aromatic rings. The van der Waals surface area contributed by atoms with Gasteiger partial charge in [-0.3, -0.25) is 4.79 Å². The number of fused-ring (bicyclic) bond motifs is 2. The Balaban J connectivity index is 1.18. The van der Waals surface area contributed by atoms with E-state index in [9.17, 15) is 22.7 Å². The van der Waals surface area contributed by atoms with Crippen LogP contribution in [0.3, 0.4) is 0 Å². The molecule has 0 aromatic heterocycles. The Morgan fingerprint density at radius 1 is 0.956 bits per heavy atom. The van der Waals surface area contributed by atoms with Gasteiger partial charge in [0.15, 0.2) is 0 Å². The zero-order valence-electron chi connectivity index (χ0n) is 25.2. The quantitative estimate of drug-likeness (QED) is 0.316. The van der Waals surface area contributed by atoms with Crippen LogP contribution in [0.25, 0.3) is 0 Å². The van der Waals surface area contributed by atoms with Gasteiger partial charge in [-0.25, -0.2) is 12.8 Å². The SMILES string of the molecule is O=C(c1ccc(F)cc1Cl)N1C[C@H]2CC[C@@H](C1)N2c1cc(S(=O)(=O)N2CCC(CCc3ccccc3)CC2)ccc1OCCO. The van der Waals surface area contributed by atoms with Gasteiger partial charge in [-0.15, -0.1) is 0 Å². The molecule has 3 aliphatic heterocycles. The Bertz CT molecular complexity index is 1600. The van der Waals surface area contributed by atoms with E-state index in [0.717, 1.165) is 44.6 Å². The second-order valence-corrected chi connectivity index (χ2v) is 14.5. The number of aliphatic hydroxyl groups is 1. The van der Waals surface area contributed by atoms with Crippen molar-refractivity contribution in [2.75, 3.05) is 44.3 Å². The minimum absolute atomic E-state index is 0.0679. The number of piperidine rings is 1. The van der Waals surface area contributed by atoms with Gasteiger partial charge in [-0.1, -0.05) is 41.9 Å². The zero-order chi connectivity index (χ0) is 31.6. The number of ether oxygens (including phenoxy) is 1. The van der Waals surface area contributed by atoms with Gasteiger partial charge >= 0.3 is 0 Å². The summed E-state index contributed by atoms with van der Waals surface area (Å²) in [5, 5.41) is 9.52. The molecule has 8 nitrogen and oxygen atoms in total. The van der Waals surface area contributed by atoms with Gasteiger partial charge in [0.2, 0.25) is 10.0 Å². The molecule has 11 heteroatoms. The Morgan fingerprint density at radius 2 is 1.67 bits per heavy atom. The highest BCUT2D eigenvalue weighted by Crippen LogP contribution is 2.42. The molecule has 2 bridgehead atoms. The number of amides is 1. The van der Waals surface area contributed by atoms with Gasteiger partial charge < -0.3 is 19.6 Å². The van der Waals surface area contributed by atoms with Crippen molar-refractivity contribution < 1.29 is 27.4 Å². The van der Waals surface area contributed by atoms with Gasteiger partial charge in [0.25, 0.3) is 5.91 Å². The van der Waals surface area contributed by atoms with Crippen molar-refractivity contribution in [3.05, 3.63) is 88.7 Å². The second-order valence-electron chi connectivity index (χ2n) is 12.2. The lowest BCUT2D eigenvalue weighted by atomic mass is 9.91. The third-order valence-electron chi connectivity index (χ3n) is 9.38. The van der Waals surface area contributed by atoms with E-state index in [-0.39, 0.29) is 46.7 Å². The molecule has 6 rings (SSSR count). The fourth-order valence-electron chi connectivity index (χ4n) is 7.04. The number of halogens is 2. The highest BCUT2D eigenvalue weighted by Gasteiger charge is 2.43. The largest absolute Gasteiger partial charge is 0.489 e. The third kappa shape index (κ3) is 6.84. The van der Waals surface area contributed by atoms with Crippen LogP contribution in [-0.2, 0) is 16.4 Å². The number of nitrogens with zero attached hydrogens (tertiary/aromatic N) is 3. The number of sulfonamides is 1. The first-order valence-corrected chi connectivity index (χ1v) is 17.5. The molecular formula is C34H39ClFN3O5S. The van der Waals surface area contributed by atoms with Crippen LogP contribution in [0.4, 0.5) is 10.1 Å². The van der Waals surface area contributed by atoms with Crippen molar-refractivity contribution in [2.24, 2.45) is 5.92 Å². The minimum atomic E-state index is -3.74. The monoisotopic (exact) mass is 655 g/mol. The van der Waals surface area contributed by atoms with Crippen molar-refractivity contribution in [3.63, 3.8) is 0 Å². The van der Waals surface area contributed by atoms with Gasteiger partial charge in [0, 0.05) is 38.3 Å². The number of carbonyl (C=O) groups excluding carboxylic acids is 1. The number of piperazine rings is 1. The number of likely N-dealkylation sites (tertiary alicyclic amines) is 1. The van der Waals surface area contributed by atoms with Crippen LogP contribution in [0.15, 0.2) is 71.6 Å². The average Bonchev–Trinajstić information content (AvgIpc) is 3.31. The van der Waals surface area contributed by atoms with E-state index in [2.05, 4.69) is 17.0 Å². The van der Waals surface area contributed by atoms with Crippen LogP contribution in [0, 0.1) is 11.7 Å². The van der Waals surface area contributed by atoms with Crippen LogP contribution in [0.2, 0.25) is 5.02 Å². The highest BCUT2D eigenvalue weighted by atomic mass is 35.5. The molecule has 3 aliphatic rings. The Labute approximate surface area is 269 Å². The van der Waals surface area contributed by atoms with Crippen molar-refractivity contribution in [3.8, 4) is 5.75 Å². The number of aryl methyl sites for hydroxylation is 1. The highest BCUT2D eigenvalue weighted by molar-refractivity contribution is 7.89. The Kier molecular flexibility index (Phi) is 9.65. The van der Waals surface area contributed by atoms with E-state index in [4.69, 9.17) is 16.3 Å². The standard InChI is InChI=1S/C34H39ClFN3O5S/c35-31-20-26(36)8-12-30(31)34(41)37-22-27-9-10-28(23-37)39(27)32-21-29(11-13-33(32)44-19-18-40)45(42,43)38-16-14-25(15-17-38)7-6-24-4-2-1-3-5-24/h1-5,8,11-13,20-21,25,27-28,40H,6-7,9-10,14-19,22-23H2/t27-,28+. The molecule has 3 saturated heterocycles. The van der Waals surface area contributed by atoms with E-state index >= 15 is 0 Å². The van der Waals surface area contributed by atoms with Crippen molar-refractivity contribution in [1.29, 1.82) is 0 Å². The smallest absolute Gasteiger partial charge is 0.255 e. The zero-order valence-corrected chi connectivity index (χ0v) is 26.7. The number of hydrogen-bond donors (Lipinski definition) is 1. The predicted octanol–water partition coefficient (Wildman–Crippen LogP) is 5.38. The van der Waals surface area contributed by atoms with Gasteiger partial charge in [0.1, 0.15) is 18.2 Å². The first kappa shape index (κ1) is 31.8. The van der Waals surface area contributed by atoms with E-state index in [1.807, 2.05) is 18.2 Å². The molecule has 1 amide bonds. The molecule has 240 valence electrons. The number of hydrogen-bond acceptors (Lipinski definition) is 6. The van der Waals surface area contributed by atoms with Gasteiger partial charge in [-0.2, -0.15) is 4.31 Å². The predicted molar refractivity (Wildman–Crippen MR) is 172 cm³/mol. The normalized spacial score (nSPS) is 20.9. The molecule has 3 aromatic carbocycles. The van der Waals surface area contributed by atoms with Crippen LogP contribution in [0.5, 0.6) is 5.75 Å². The maximum atomic E-state index is 13.9. The third-order valence-corrected chi connectivity index (χ3v) is 11.6. The number of rotatable bonds is 10. The minimum Gasteiger partial charge on any atom is -0.489 e. The molecule has 0 spiro atoms. The summed E-state index contributed by atoms with van der Waals surface area (Å²) in [5.41, 5.74) is 2.22. The van der Waals surface area contributed by atoms with Crippen LogP contribution >= 0.6 is 11.6 Å². The molecule has 0 saturated carbocycles. The summed E-state index contributed by atoms with van der Waals surface area (Å²) in [6, 6.07) is 19.0. The Morgan fingerprint density at radius 3 is 2.33 bits per heavy atom. The molecule has 1 N–H and O–H groups in total. The number of anilines is 1. The molecule has 0 unspecified atom stereocenters. The summed E-state index contributed by atoms with van der Waals surface area (Å²) in [6.07, 6.45) is 5.33. The lowest BCUT2D eigenvalue weighted by molar-refractivity contribution is 0.0717. The van der Waals surface area contributed by atoms with Crippen molar-refractivity contribution in [2.45, 2.75) is 55.5 Å². The summed E-state index contributed by atoms with van der Waals surface area (Å²) < 4.78 is 48.9. The first-order chi connectivity index (χ1) is 21.7. The molecule has 3 heterocycles. The fraction of sp³-hybridized carbons (Fsp3) is 0.441. The average molecular weight is 656 g/mol. The van der Waals surface area contributed by atoms with Crippen molar-refractivity contribution in [1.82, 2.24) is 9.21 Å². The topological polar surface area (TPSA) is 90.4 Å². The Hall–Kier alpha value is -3.18. The number of benzene rings is 3. The first-order valence-electron chi connectivity index (χ1n) is 15.7. The van der Waals surface area contributed by atoms with E-state index in [0.29, 0.717) is 43.5 Å². The summed E-state index contributed by atoms with van der Waals surface area (Å²) in [4.78, 5) is 17.5. The van der Waals surface area contributed by atoms with Crippen molar-refractivity contribution >= 4 is 33.2 Å². The van der Waals surface area contributed by atoms with E-state index in [1.165, 1.54) is 17.7 Å². The summed E-state index contributed by atoms with van der Waals surface area (Å²) >= 11 is 6.20. The van der Waals surface area contributed by atoms with Crippen LogP contribution < -0.4 is 9.64 Å². The maximum Gasteiger partial charge on any atom is 0.255 e. The molecule has 0 aliphatic carbocycles. The van der Waals surface area contributed by atoms with Crippen LogP contribution in [-0.4, -0.2) is 80.1 Å². The van der Waals surface area contributed by atoms with E-state index < -0.39 is 15.8 Å². The fourth-order valence-corrected chi connectivity index (χ4v) is 8.77. The molecule has 2 atom stereocenters. The van der Waals surface area contributed by atoms with Crippen LogP contribution in [0.1, 0.15) is 48.0 Å². The summed E-state index contributed by atoms with van der Waals surface area (Å²) in [6.45, 7) is 1.69. The lowest BCUT2D eigenvalue weighted by Gasteiger charge is -2.43. The molecular weight excluding hydrogens is 617 g/mol. The summed E-state index contributed by atoms with van der Waals surface area (Å²) in [5.74, 6) is 0.234. The second kappa shape index (κ2) is 13.7. The lowest BCUT2D eigenvalue weighted by Crippen LogP contribution is -2.55. The number of aliphatic hydroxyl groups excluding tert-OH is 1. The molecule has 45 heavy (non-hydrogen) atoms. The molecule has 3 fully saturated rings. The number of carbonyl (C=O) groups is 1. The van der Waals surface area contributed by atoms with Gasteiger partial charge in [-0.05, 0) is 86.4 Å².